The monoisotopic (exact) mass is 275 g/mol. The van der Waals surface area contributed by atoms with Gasteiger partial charge in [0.2, 0.25) is 0 Å². The summed E-state index contributed by atoms with van der Waals surface area (Å²) in [4.78, 5) is 20.3. The number of hydrogen-bond acceptors (Lipinski definition) is 3. The van der Waals surface area contributed by atoms with E-state index in [-0.39, 0.29) is 5.91 Å². The fraction of sp³-hybridized carbons (Fsp3) is 0.214. The smallest absolute Gasteiger partial charge is 0.257 e. The van der Waals surface area contributed by atoms with Gasteiger partial charge in [0.25, 0.3) is 5.91 Å². The Morgan fingerprint density at radius 3 is 2.58 bits per heavy atom. The first-order valence-corrected chi connectivity index (χ1v) is 6.23. The second kappa shape index (κ2) is 5.36. The summed E-state index contributed by atoms with van der Waals surface area (Å²) in [6.45, 7) is 5.74. The molecule has 0 spiro atoms. The van der Waals surface area contributed by atoms with Crippen LogP contribution < -0.4 is 5.32 Å². The van der Waals surface area contributed by atoms with Crippen molar-refractivity contribution in [3.8, 4) is 0 Å². The van der Waals surface area contributed by atoms with E-state index in [9.17, 15) is 4.79 Å². The summed E-state index contributed by atoms with van der Waals surface area (Å²) in [5, 5.41) is 3.22. The van der Waals surface area contributed by atoms with E-state index in [2.05, 4.69) is 15.3 Å². The molecule has 2 aromatic rings. The van der Waals surface area contributed by atoms with Gasteiger partial charge in [-0.25, -0.2) is 4.98 Å². The van der Waals surface area contributed by atoms with Gasteiger partial charge in [-0.1, -0.05) is 11.6 Å². The summed E-state index contributed by atoms with van der Waals surface area (Å²) >= 11 is 5.69. The minimum Gasteiger partial charge on any atom is -0.320 e. The first-order chi connectivity index (χ1) is 8.97. The highest BCUT2D eigenvalue weighted by atomic mass is 35.5. The first kappa shape index (κ1) is 13.5. The lowest BCUT2D eigenvalue weighted by atomic mass is 10.1. The highest BCUT2D eigenvalue weighted by molar-refractivity contribution is 6.29. The van der Waals surface area contributed by atoms with Crippen LogP contribution in [0.5, 0.6) is 0 Å². The summed E-state index contributed by atoms with van der Waals surface area (Å²) in [5.41, 5.74) is 3.92. The Hall–Kier alpha value is -1.94. The van der Waals surface area contributed by atoms with E-state index in [4.69, 9.17) is 11.6 Å². The van der Waals surface area contributed by atoms with Crippen molar-refractivity contribution < 1.29 is 4.79 Å². The number of nitrogens with one attached hydrogen (secondary N) is 1. The number of anilines is 1. The van der Waals surface area contributed by atoms with Crippen molar-refractivity contribution in [2.45, 2.75) is 20.8 Å². The molecule has 0 atom stereocenters. The van der Waals surface area contributed by atoms with E-state index >= 15 is 0 Å². The SMILES string of the molecule is Cc1cc(C)c(NC(=O)c2ccc(Cl)nc2)c(C)n1. The molecule has 2 heterocycles. The van der Waals surface area contributed by atoms with Crippen molar-refractivity contribution in [3.63, 3.8) is 0 Å². The molecule has 0 aliphatic carbocycles. The normalized spacial score (nSPS) is 10.3. The highest BCUT2D eigenvalue weighted by Crippen LogP contribution is 2.20. The zero-order valence-electron chi connectivity index (χ0n) is 11.0. The van der Waals surface area contributed by atoms with Crippen LogP contribution in [0.1, 0.15) is 27.3 Å². The average molecular weight is 276 g/mol. The summed E-state index contributed by atoms with van der Waals surface area (Å²) < 4.78 is 0. The van der Waals surface area contributed by atoms with Crippen molar-refractivity contribution in [2.75, 3.05) is 5.32 Å². The molecule has 0 aromatic carbocycles. The van der Waals surface area contributed by atoms with Crippen molar-refractivity contribution >= 4 is 23.2 Å². The molecule has 19 heavy (non-hydrogen) atoms. The van der Waals surface area contributed by atoms with Gasteiger partial charge in [0.15, 0.2) is 0 Å². The van der Waals surface area contributed by atoms with E-state index in [1.165, 1.54) is 6.20 Å². The Morgan fingerprint density at radius 2 is 2.00 bits per heavy atom. The van der Waals surface area contributed by atoms with Crippen LogP contribution in [0.3, 0.4) is 0 Å². The van der Waals surface area contributed by atoms with Crippen LogP contribution in [0.2, 0.25) is 5.15 Å². The summed E-state index contributed by atoms with van der Waals surface area (Å²) in [6.07, 6.45) is 1.45. The third kappa shape index (κ3) is 3.09. The predicted octanol–water partition coefficient (Wildman–Crippen LogP) is 3.31. The number of carbonyl (C=O) groups is 1. The molecular formula is C14H14ClN3O. The van der Waals surface area contributed by atoms with Crippen LogP contribution in [0.4, 0.5) is 5.69 Å². The van der Waals surface area contributed by atoms with Gasteiger partial charge in [-0.2, -0.15) is 0 Å². The van der Waals surface area contributed by atoms with E-state index in [1.54, 1.807) is 12.1 Å². The maximum atomic E-state index is 12.1. The molecule has 4 nitrogen and oxygen atoms in total. The zero-order valence-corrected chi connectivity index (χ0v) is 11.7. The van der Waals surface area contributed by atoms with E-state index in [0.29, 0.717) is 10.7 Å². The molecule has 2 rings (SSSR count). The Kier molecular flexibility index (Phi) is 3.81. The van der Waals surface area contributed by atoms with Gasteiger partial charge in [0, 0.05) is 11.9 Å². The van der Waals surface area contributed by atoms with Crippen LogP contribution in [0.15, 0.2) is 24.4 Å². The molecule has 1 N–H and O–H groups in total. The highest BCUT2D eigenvalue weighted by Gasteiger charge is 2.11. The number of rotatable bonds is 2. The molecule has 5 heteroatoms. The molecule has 0 saturated carbocycles. The molecular weight excluding hydrogens is 262 g/mol. The third-order valence-electron chi connectivity index (χ3n) is 2.75. The molecule has 0 aliphatic rings. The predicted molar refractivity (Wildman–Crippen MR) is 75.6 cm³/mol. The van der Waals surface area contributed by atoms with Crippen molar-refractivity contribution in [3.05, 3.63) is 52.1 Å². The van der Waals surface area contributed by atoms with Crippen LogP contribution in [0.25, 0.3) is 0 Å². The fourth-order valence-electron chi connectivity index (χ4n) is 1.91. The number of amides is 1. The van der Waals surface area contributed by atoms with E-state index < -0.39 is 0 Å². The van der Waals surface area contributed by atoms with E-state index in [1.807, 2.05) is 26.8 Å². The standard InChI is InChI=1S/C14H14ClN3O/c1-8-6-9(2)17-10(3)13(8)18-14(19)11-4-5-12(15)16-7-11/h4-7H,1-3H3,(H,18,19). The molecule has 0 fully saturated rings. The van der Waals surface area contributed by atoms with Crippen molar-refractivity contribution in [1.29, 1.82) is 0 Å². The Balaban J connectivity index is 2.26. The lowest BCUT2D eigenvalue weighted by Crippen LogP contribution is -2.14. The van der Waals surface area contributed by atoms with Crippen LogP contribution >= 0.6 is 11.6 Å². The number of halogens is 1. The summed E-state index contributed by atoms with van der Waals surface area (Å²) in [5.74, 6) is -0.221. The van der Waals surface area contributed by atoms with Crippen LogP contribution in [-0.4, -0.2) is 15.9 Å². The number of aryl methyl sites for hydroxylation is 3. The molecule has 0 aliphatic heterocycles. The lowest BCUT2D eigenvalue weighted by molar-refractivity contribution is 0.102. The number of carbonyl (C=O) groups excluding carboxylic acids is 1. The molecule has 0 saturated heterocycles. The minimum absolute atomic E-state index is 0.221. The second-order valence-electron chi connectivity index (χ2n) is 4.36. The van der Waals surface area contributed by atoms with Crippen LogP contribution in [-0.2, 0) is 0 Å². The van der Waals surface area contributed by atoms with E-state index in [0.717, 1.165) is 22.6 Å². The first-order valence-electron chi connectivity index (χ1n) is 5.85. The molecule has 1 amide bonds. The Bertz CT molecular complexity index is 600. The average Bonchev–Trinajstić information content (AvgIpc) is 2.34. The largest absolute Gasteiger partial charge is 0.320 e. The Labute approximate surface area is 116 Å². The minimum atomic E-state index is -0.221. The van der Waals surface area contributed by atoms with Gasteiger partial charge in [-0.15, -0.1) is 0 Å². The number of nitrogens with zero attached hydrogens (tertiary/aromatic N) is 2. The molecule has 0 bridgehead atoms. The van der Waals surface area contributed by atoms with Crippen molar-refractivity contribution in [2.24, 2.45) is 0 Å². The molecule has 0 unspecified atom stereocenters. The quantitative estimate of drug-likeness (QED) is 0.856. The second-order valence-corrected chi connectivity index (χ2v) is 4.75. The van der Waals surface area contributed by atoms with Crippen LogP contribution in [0, 0.1) is 20.8 Å². The van der Waals surface area contributed by atoms with Gasteiger partial charge < -0.3 is 5.32 Å². The zero-order chi connectivity index (χ0) is 14.0. The fourth-order valence-corrected chi connectivity index (χ4v) is 2.02. The molecule has 0 radical (unpaired) electrons. The number of hydrogen-bond donors (Lipinski definition) is 1. The topological polar surface area (TPSA) is 54.9 Å². The maximum absolute atomic E-state index is 12.1. The number of pyridine rings is 2. The number of aromatic nitrogens is 2. The maximum Gasteiger partial charge on any atom is 0.257 e. The lowest BCUT2D eigenvalue weighted by Gasteiger charge is -2.11. The Morgan fingerprint density at radius 1 is 1.26 bits per heavy atom. The molecule has 2 aromatic heterocycles. The summed E-state index contributed by atoms with van der Waals surface area (Å²) in [7, 11) is 0. The third-order valence-corrected chi connectivity index (χ3v) is 2.98. The summed E-state index contributed by atoms with van der Waals surface area (Å²) in [6, 6.07) is 5.16. The van der Waals surface area contributed by atoms with Crippen molar-refractivity contribution in [1.82, 2.24) is 9.97 Å². The van der Waals surface area contributed by atoms with Gasteiger partial charge in [-0.05, 0) is 44.5 Å². The molecule has 98 valence electrons. The van der Waals surface area contributed by atoms with Gasteiger partial charge in [0.1, 0.15) is 5.15 Å². The van der Waals surface area contributed by atoms with Gasteiger partial charge >= 0.3 is 0 Å². The van der Waals surface area contributed by atoms with Gasteiger partial charge in [0.05, 0.1) is 16.9 Å². The van der Waals surface area contributed by atoms with Gasteiger partial charge in [-0.3, -0.25) is 9.78 Å².